The Labute approximate surface area is 213 Å². The molecule has 5 aromatic rings. The second-order valence-electron chi connectivity index (χ2n) is 8.81. The van der Waals surface area contributed by atoms with E-state index in [9.17, 15) is 9.59 Å². The highest BCUT2D eigenvalue weighted by Crippen LogP contribution is 2.31. The third kappa shape index (κ3) is 4.33. The number of rotatable bonds is 6. The second kappa shape index (κ2) is 9.51. The van der Waals surface area contributed by atoms with Crippen molar-refractivity contribution in [2.45, 2.75) is 27.7 Å². The van der Waals surface area contributed by atoms with E-state index in [1.807, 2.05) is 87.7 Å². The van der Waals surface area contributed by atoms with Gasteiger partial charge in [-0.15, -0.1) is 11.3 Å². The topological polar surface area (TPSA) is 74.1 Å². The van der Waals surface area contributed by atoms with Crippen molar-refractivity contribution < 1.29 is 14.3 Å². The molecule has 0 aliphatic heterocycles. The van der Waals surface area contributed by atoms with Crippen LogP contribution in [0.15, 0.2) is 66.0 Å². The number of hydrogen-bond donors (Lipinski definition) is 0. The van der Waals surface area contributed by atoms with Crippen LogP contribution >= 0.6 is 11.3 Å². The molecule has 0 unspecified atom stereocenters. The van der Waals surface area contributed by atoms with Crippen LogP contribution in [0, 0.1) is 27.7 Å². The van der Waals surface area contributed by atoms with Crippen molar-refractivity contribution in [3.05, 3.63) is 99.6 Å². The Kier molecular flexibility index (Phi) is 6.24. The van der Waals surface area contributed by atoms with Crippen LogP contribution < -0.4 is 0 Å². The van der Waals surface area contributed by atoms with Crippen LogP contribution in [-0.4, -0.2) is 33.1 Å². The molecular weight excluding hydrogens is 470 g/mol. The molecule has 36 heavy (non-hydrogen) atoms. The van der Waals surface area contributed by atoms with Gasteiger partial charge >= 0.3 is 5.97 Å². The van der Waals surface area contributed by atoms with Crippen molar-refractivity contribution >= 4 is 34.1 Å². The molecule has 0 fully saturated rings. The molecule has 6 nitrogen and oxygen atoms in total. The normalized spacial score (nSPS) is 11.1. The van der Waals surface area contributed by atoms with Gasteiger partial charge in [-0.2, -0.15) is 5.10 Å². The Morgan fingerprint density at radius 1 is 0.889 bits per heavy atom. The molecule has 0 saturated carbocycles. The summed E-state index contributed by atoms with van der Waals surface area (Å²) in [4.78, 5) is 32.1. The first-order chi connectivity index (χ1) is 17.3. The van der Waals surface area contributed by atoms with Gasteiger partial charge in [-0.3, -0.25) is 4.79 Å². The standard InChI is InChI=1S/C29H25N3O3S/c1-17-13-19(3)22(14-18(17)2)25(33)16-35-29(34)23-15-24(26-11-8-12-36-26)30-28-27(23)20(4)31-32(28)21-9-6-5-7-10-21/h5-15H,16H2,1-4H3. The number of fused-ring (bicyclic) bond motifs is 1. The molecule has 3 aromatic heterocycles. The first-order valence-electron chi connectivity index (χ1n) is 11.6. The number of hydrogen-bond acceptors (Lipinski definition) is 6. The Morgan fingerprint density at radius 2 is 1.64 bits per heavy atom. The van der Waals surface area contributed by atoms with E-state index < -0.39 is 5.97 Å². The predicted molar refractivity (Wildman–Crippen MR) is 142 cm³/mol. The lowest BCUT2D eigenvalue weighted by atomic mass is 9.98. The number of para-hydroxylation sites is 1. The number of thiophene rings is 1. The number of aryl methyl sites for hydroxylation is 4. The highest BCUT2D eigenvalue weighted by molar-refractivity contribution is 7.13. The van der Waals surface area contributed by atoms with Crippen molar-refractivity contribution in [3.8, 4) is 16.3 Å². The number of carbonyl (C=O) groups excluding carboxylic acids is 2. The van der Waals surface area contributed by atoms with Crippen molar-refractivity contribution in [1.29, 1.82) is 0 Å². The molecule has 0 saturated heterocycles. The highest BCUT2D eigenvalue weighted by atomic mass is 32.1. The molecule has 2 aromatic carbocycles. The van der Waals surface area contributed by atoms with E-state index in [2.05, 4.69) is 5.10 Å². The fourth-order valence-electron chi connectivity index (χ4n) is 4.30. The van der Waals surface area contributed by atoms with Crippen LogP contribution in [0.4, 0.5) is 0 Å². The average Bonchev–Trinajstić information content (AvgIpc) is 3.53. The van der Waals surface area contributed by atoms with Crippen molar-refractivity contribution in [1.82, 2.24) is 14.8 Å². The van der Waals surface area contributed by atoms with E-state index in [1.165, 1.54) is 11.3 Å². The monoisotopic (exact) mass is 495 g/mol. The zero-order valence-electron chi connectivity index (χ0n) is 20.5. The summed E-state index contributed by atoms with van der Waals surface area (Å²) in [7, 11) is 0. The lowest BCUT2D eigenvalue weighted by Gasteiger charge is -2.11. The van der Waals surface area contributed by atoms with Gasteiger partial charge in [0.05, 0.1) is 32.9 Å². The molecule has 0 spiro atoms. The number of nitrogens with zero attached hydrogens (tertiary/aromatic N) is 3. The van der Waals surface area contributed by atoms with Gasteiger partial charge in [0, 0.05) is 5.56 Å². The average molecular weight is 496 g/mol. The van der Waals surface area contributed by atoms with E-state index >= 15 is 0 Å². The summed E-state index contributed by atoms with van der Waals surface area (Å²) in [6.07, 6.45) is 0. The number of Topliss-reactive ketones (excluding diaryl/α,β-unsaturated/α-hetero) is 1. The van der Waals surface area contributed by atoms with Crippen LogP contribution in [0.5, 0.6) is 0 Å². The largest absolute Gasteiger partial charge is 0.454 e. The number of benzene rings is 2. The van der Waals surface area contributed by atoms with Gasteiger partial charge in [0.15, 0.2) is 12.3 Å². The Balaban J connectivity index is 1.54. The molecule has 5 rings (SSSR count). The maximum absolute atomic E-state index is 13.4. The lowest BCUT2D eigenvalue weighted by molar-refractivity contribution is 0.0476. The highest BCUT2D eigenvalue weighted by Gasteiger charge is 2.23. The predicted octanol–water partition coefficient (Wildman–Crippen LogP) is 6.42. The molecule has 0 bridgehead atoms. The minimum Gasteiger partial charge on any atom is -0.454 e. The molecule has 0 amide bonds. The summed E-state index contributed by atoms with van der Waals surface area (Å²) in [6.45, 7) is 7.36. The maximum atomic E-state index is 13.4. The summed E-state index contributed by atoms with van der Waals surface area (Å²) in [6, 6.07) is 19.1. The number of esters is 1. The number of carbonyl (C=O) groups is 2. The van der Waals surface area contributed by atoms with Crippen LogP contribution in [0.25, 0.3) is 27.3 Å². The molecule has 0 radical (unpaired) electrons. The van der Waals surface area contributed by atoms with Crippen molar-refractivity contribution in [2.24, 2.45) is 0 Å². The fraction of sp³-hybridized carbons (Fsp3) is 0.172. The summed E-state index contributed by atoms with van der Waals surface area (Å²) >= 11 is 1.53. The van der Waals surface area contributed by atoms with Gasteiger partial charge in [0.25, 0.3) is 0 Å². The zero-order valence-corrected chi connectivity index (χ0v) is 21.3. The maximum Gasteiger partial charge on any atom is 0.339 e. The van der Waals surface area contributed by atoms with Crippen LogP contribution in [-0.2, 0) is 4.74 Å². The molecular formula is C29H25N3O3S. The molecule has 0 aliphatic rings. The number of ketones is 1. The van der Waals surface area contributed by atoms with E-state index in [4.69, 9.17) is 9.72 Å². The van der Waals surface area contributed by atoms with Gasteiger partial charge in [-0.25, -0.2) is 14.5 Å². The van der Waals surface area contributed by atoms with Crippen LogP contribution in [0.1, 0.15) is 43.1 Å². The van der Waals surface area contributed by atoms with E-state index in [1.54, 1.807) is 10.7 Å². The summed E-state index contributed by atoms with van der Waals surface area (Å²) in [5.41, 5.74) is 6.62. The minimum atomic E-state index is -0.578. The molecule has 180 valence electrons. The van der Waals surface area contributed by atoms with Gasteiger partial charge in [0.2, 0.25) is 5.78 Å². The van der Waals surface area contributed by atoms with Crippen LogP contribution in [0.2, 0.25) is 0 Å². The smallest absolute Gasteiger partial charge is 0.339 e. The van der Waals surface area contributed by atoms with Crippen molar-refractivity contribution in [3.63, 3.8) is 0 Å². The van der Waals surface area contributed by atoms with Crippen LogP contribution in [0.3, 0.4) is 0 Å². The summed E-state index contributed by atoms with van der Waals surface area (Å²) < 4.78 is 7.31. The van der Waals surface area contributed by atoms with E-state index in [0.717, 1.165) is 27.3 Å². The molecule has 0 aliphatic carbocycles. The first-order valence-corrected chi connectivity index (χ1v) is 12.5. The quantitative estimate of drug-likeness (QED) is 0.201. The van der Waals surface area contributed by atoms with E-state index in [0.29, 0.717) is 33.5 Å². The van der Waals surface area contributed by atoms with Gasteiger partial charge < -0.3 is 4.74 Å². The lowest BCUT2D eigenvalue weighted by Crippen LogP contribution is -2.16. The third-order valence-corrected chi connectivity index (χ3v) is 7.17. The second-order valence-corrected chi connectivity index (χ2v) is 9.76. The van der Waals surface area contributed by atoms with Gasteiger partial charge in [0.1, 0.15) is 0 Å². The molecule has 7 heteroatoms. The first kappa shape index (κ1) is 23.6. The molecule has 3 heterocycles. The van der Waals surface area contributed by atoms with E-state index in [-0.39, 0.29) is 12.4 Å². The summed E-state index contributed by atoms with van der Waals surface area (Å²) in [5.74, 6) is -0.810. The Bertz CT molecular complexity index is 1600. The fourth-order valence-corrected chi connectivity index (χ4v) is 4.98. The zero-order chi connectivity index (χ0) is 25.4. The minimum absolute atomic E-state index is 0.232. The Morgan fingerprint density at radius 3 is 2.36 bits per heavy atom. The Hall–Kier alpha value is -4.10. The third-order valence-electron chi connectivity index (χ3n) is 6.28. The number of pyridine rings is 1. The van der Waals surface area contributed by atoms with Gasteiger partial charge in [-0.05, 0) is 80.1 Å². The van der Waals surface area contributed by atoms with Crippen molar-refractivity contribution in [2.75, 3.05) is 6.61 Å². The molecule has 0 N–H and O–H groups in total. The molecule has 0 atom stereocenters. The van der Waals surface area contributed by atoms with Gasteiger partial charge in [-0.1, -0.05) is 30.3 Å². The number of ether oxygens (including phenoxy) is 1. The number of aromatic nitrogens is 3. The SMILES string of the molecule is Cc1cc(C)c(C(=O)COC(=O)c2cc(-c3cccs3)nc3c2c(C)nn3-c2ccccc2)cc1C. The summed E-state index contributed by atoms with van der Waals surface area (Å²) in [5, 5.41) is 7.25.